The molecule has 0 spiro atoms. The van der Waals surface area contributed by atoms with Crippen LogP contribution in [0.1, 0.15) is 12.0 Å². The highest BCUT2D eigenvalue weighted by Crippen LogP contribution is 2.41. The second kappa shape index (κ2) is 7.49. The normalized spacial score (nSPS) is 24.3. The summed E-state index contributed by atoms with van der Waals surface area (Å²) in [7, 11) is 1.97. The van der Waals surface area contributed by atoms with E-state index in [-0.39, 0.29) is 11.6 Å². The van der Waals surface area contributed by atoms with Crippen LogP contribution in [0.15, 0.2) is 55.6 Å². The van der Waals surface area contributed by atoms with Gasteiger partial charge in [-0.2, -0.15) is 5.06 Å². The minimum Gasteiger partial charge on any atom is -0.375 e. The molecule has 1 aromatic heterocycles. The molecule has 24 heavy (non-hydrogen) atoms. The molecule has 2 aromatic rings. The van der Waals surface area contributed by atoms with Crippen molar-refractivity contribution in [1.29, 1.82) is 0 Å². The molecule has 1 fully saturated rings. The predicted octanol–water partition coefficient (Wildman–Crippen LogP) is 3.27. The van der Waals surface area contributed by atoms with E-state index in [2.05, 4.69) is 28.3 Å². The number of hydroxylamine groups is 2. The standard InChI is InChI=1S/C18H22ClN3O2/c1-3-10-23-12-17-11-18(21(2)24-17,13-22-9-8-20-14-22)15-4-6-16(19)7-5-15/h3-9,14,17H,1,10-13H2,2H3. The van der Waals surface area contributed by atoms with E-state index >= 15 is 0 Å². The van der Waals surface area contributed by atoms with Gasteiger partial charge in [-0.15, -0.1) is 6.58 Å². The van der Waals surface area contributed by atoms with Crippen LogP contribution in [0.5, 0.6) is 0 Å². The van der Waals surface area contributed by atoms with Gasteiger partial charge in [0.25, 0.3) is 0 Å². The van der Waals surface area contributed by atoms with Crippen LogP contribution in [0, 0.1) is 0 Å². The summed E-state index contributed by atoms with van der Waals surface area (Å²) in [6.07, 6.45) is 8.14. The lowest BCUT2D eigenvalue weighted by molar-refractivity contribution is -0.183. The third-order valence-electron chi connectivity index (χ3n) is 4.40. The van der Waals surface area contributed by atoms with Gasteiger partial charge in [-0.25, -0.2) is 4.98 Å². The third-order valence-corrected chi connectivity index (χ3v) is 4.65. The molecule has 2 heterocycles. The molecule has 1 aliphatic heterocycles. The smallest absolute Gasteiger partial charge is 0.105 e. The van der Waals surface area contributed by atoms with Crippen molar-refractivity contribution in [2.75, 3.05) is 20.3 Å². The molecule has 0 N–H and O–H groups in total. The maximum Gasteiger partial charge on any atom is 0.105 e. The van der Waals surface area contributed by atoms with Crippen LogP contribution < -0.4 is 0 Å². The van der Waals surface area contributed by atoms with Crippen LogP contribution in [0.3, 0.4) is 0 Å². The van der Waals surface area contributed by atoms with E-state index in [9.17, 15) is 0 Å². The Bertz CT molecular complexity index is 659. The minimum atomic E-state index is -0.298. The monoisotopic (exact) mass is 347 g/mol. The molecule has 5 nitrogen and oxygen atoms in total. The molecule has 0 amide bonds. The molecule has 1 aliphatic rings. The van der Waals surface area contributed by atoms with E-state index in [1.54, 1.807) is 12.3 Å². The van der Waals surface area contributed by atoms with E-state index < -0.39 is 0 Å². The number of nitrogens with zero attached hydrogens (tertiary/aromatic N) is 3. The summed E-state index contributed by atoms with van der Waals surface area (Å²) >= 11 is 6.07. The molecule has 0 saturated carbocycles. The fraction of sp³-hybridized carbons (Fsp3) is 0.389. The van der Waals surface area contributed by atoms with Crippen LogP contribution in [-0.4, -0.2) is 41.0 Å². The Labute approximate surface area is 147 Å². The van der Waals surface area contributed by atoms with Crippen molar-refractivity contribution in [3.8, 4) is 0 Å². The van der Waals surface area contributed by atoms with Crippen LogP contribution in [-0.2, 0) is 21.7 Å². The lowest BCUT2D eigenvalue weighted by atomic mass is 9.85. The number of likely N-dealkylation sites (N-methyl/N-ethyl adjacent to an activating group) is 1. The number of aromatic nitrogens is 2. The average Bonchev–Trinajstić information content (AvgIpc) is 3.18. The number of ether oxygens (including phenoxy) is 1. The summed E-state index contributed by atoms with van der Waals surface area (Å²) in [5, 5.41) is 2.67. The van der Waals surface area contributed by atoms with Gasteiger partial charge in [0.2, 0.25) is 0 Å². The summed E-state index contributed by atoms with van der Waals surface area (Å²) in [5.74, 6) is 0. The quantitative estimate of drug-likeness (QED) is 0.569. The molecule has 2 atom stereocenters. The fourth-order valence-corrected chi connectivity index (χ4v) is 3.36. The van der Waals surface area contributed by atoms with E-state index in [4.69, 9.17) is 21.2 Å². The zero-order valence-corrected chi connectivity index (χ0v) is 14.5. The molecule has 2 unspecified atom stereocenters. The molecule has 1 aromatic carbocycles. The molecule has 0 radical (unpaired) electrons. The Morgan fingerprint density at radius 2 is 2.25 bits per heavy atom. The van der Waals surface area contributed by atoms with Crippen molar-refractivity contribution in [2.45, 2.75) is 24.6 Å². The van der Waals surface area contributed by atoms with Gasteiger partial charge in [-0.3, -0.25) is 4.84 Å². The zero-order valence-electron chi connectivity index (χ0n) is 13.8. The predicted molar refractivity (Wildman–Crippen MR) is 93.6 cm³/mol. The lowest BCUT2D eigenvalue weighted by Crippen LogP contribution is -2.41. The lowest BCUT2D eigenvalue weighted by Gasteiger charge is -2.35. The second-order valence-electron chi connectivity index (χ2n) is 6.03. The van der Waals surface area contributed by atoms with Crippen molar-refractivity contribution in [3.63, 3.8) is 0 Å². The molecule has 3 rings (SSSR count). The molecular weight excluding hydrogens is 326 g/mol. The minimum absolute atomic E-state index is 0.00542. The van der Waals surface area contributed by atoms with Gasteiger partial charge in [0.1, 0.15) is 6.10 Å². The molecule has 0 aliphatic carbocycles. The molecule has 1 saturated heterocycles. The molecule has 0 bridgehead atoms. The van der Waals surface area contributed by atoms with Gasteiger partial charge in [0.05, 0.1) is 25.1 Å². The van der Waals surface area contributed by atoms with Crippen molar-refractivity contribution in [2.24, 2.45) is 0 Å². The average molecular weight is 348 g/mol. The number of imidazole rings is 1. The number of rotatable bonds is 7. The zero-order chi connectivity index (χ0) is 17.0. The van der Waals surface area contributed by atoms with Crippen molar-refractivity contribution >= 4 is 11.6 Å². The van der Waals surface area contributed by atoms with Crippen molar-refractivity contribution in [1.82, 2.24) is 14.6 Å². The largest absolute Gasteiger partial charge is 0.375 e. The van der Waals surface area contributed by atoms with Crippen LogP contribution in [0.25, 0.3) is 0 Å². The highest BCUT2D eigenvalue weighted by molar-refractivity contribution is 6.30. The van der Waals surface area contributed by atoms with Crippen LogP contribution in [0.4, 0.5) is 0 Å². The number of hydrogen-bond donors (Lipinski definition) is 0. The van der Waals surface area contributed by atoms with Gasteiger partial charge in [0.15, 0.2) is 0 Å². The first-order valence-electron chi connectivity index (χ1n) is 7.95. The number of hydrogen-bond acceptors (Lipinski definition) is 4. The van der Waals surface area contributed by atoms with Gasteiger partial charge in [0, 0.05) is 37.4 Å². The first-order chi connectivity index (χ1) is 11.6. The molecule has 128 valence electrons. The molecular formula is C18H22ClN3O2. The van der Waals surface area contributed by atoms with Gasteiger partial charge in [-0.05, 0) is 17.7 Å². The molecule has 6 heteroatoms. The third kappa shape index (κ3) is 3.54. The first-order valence-corrected chi connectivity index (χ1v) is 8.33. The summed E-state index contributed by atoms with van der Waals surface area (Å²) in [4.78, 5) is 10.2. The summed E-state index contributed by atoms with van der Waals surface area (Å²) in [5.41, 5.74) is 0.863. The summed E-state index contributed by atoms with van der Waals surface area (Å²) in [6.45, 7) is 5.48. The topological polar surface area (TPSA) is 39.5 Å². The number of halogens is 1. The van der Waals surface area contributed by atoms with Gasteiger partial charge < -0.3 is 9.30 Å². The Kier molecular flexibility index (Phi) is 5.36. The Morgan fingerprint density at radius 1 is 1.46 bits per heavy atom. The highest BCUT2D eigenvalue weighted by Gasteiger charge is 2.46. The maximum absolute atomic E-state index is 6.07. The van der Waals surface area contributed by atoms with E-state index in [0.717, 1.165) is 23.6 Å². The summed E-state index contributed by atoms with van der Waals surface area (Å²) < 4.78 is 7.66. The fourth-order valence-electron chi connectivity index (χ4n) is 3.24. The van der Waals surface area contributed by atoms with Crippen molar-refractivity contribution in [3.05, 3.63) is 66.2 Å². The summed E-state index contributed by atoms with van der Waals surface area (Å²) in [6, 6.07) is 7.96. The van der Waals surface area contributed by atoms with Crippen molar-refractivity contribution < 1.29 is 9.57 Å². The Balaban J connectivity index is 1.87. The highest BCUT2D eigenvalue weighted by atomic mass is 35.5. The maximum atomic E-state index is 6.07. The number of benzene rings is 1. The van der Waals surface area contributed by atoms with E-state index in [1.807, 2.05) is 36.8 Å². The van der Waals surface area contributed by atoms with Crippen LogP contribution in [0.2, 0.25) is 5.02 Å². The van der Waals surface area contributed by atoms with Gasteiger partial charge in [-0.1, -0.05) is 29.8 Å². The first kappa shape index (κ1) is 17.2. The SMILES string of the molecule is C=CCOCC1CC(Cn2ccnc2)(c2ccc(Cl)cc2)N(C)O1. The Hall–Kier alpha value is -1.66. The Morgan fingerprint density at radius 3 is 2.92 bits per heavy atom. The van der Waals surface area contributed by atoms with Crippen LogP contribution >= 0.6 is 11.6 Å². The van der Waals surface area contributed by atoms with E-state index in [0.29, 0.717) is 13.2 Å². The van der Waals surface area contributed by atoms with Gasteiger partial charge >= 0.3 is 0 Å². The second-order valence-corrected chi connectivity index (χ2v) is 6.47. The van der Waals surface area contributed by atoms with E-state index in [1.165, 1.54) is 0 Å².